The summed E-state index contributed by atoms with van der Waals surface area (Å²) in [5.41, 5.74) is 2.15. The zero-order valence-electron chi connectivity index (χ0n) is 14.6. The molecule has 5 nitrogen and oxygen atoms in total. The normalized spacial score (nSPS) is 18.0. The molecule has 4 heterocycles. The maximum absolute atomic E-state index is 13.0. The van der Waals surface area contributed by atoms with Crippen molar-refractivity contribution in [2.45, 2.75) is 39.0 Å². The molecular weight excluding hydrogens is 332 g/mol. The predicted octanol–water partition coefficient (Wildman–Crippen LogP) is 3.68. The second kappa shape index (κ2) is 6.59. The minimum atomic E-state index is 0.159. The number of thiophene rings is 1. The zero-order valence-corrected chi connectivity index (χ0v) is 15.4. The van der Waals surface area contributed by atoms with Crippen molar-refractivity contribution in [2.24, 2.45) is 0 Å². The van der Waals surface area contributed by atoms with Gasteiger partial charge in [-0.25, -0.2) is 0 Å². The van der Waals surface area contributed by atoms with E-state index < -0.39 is 0 Å². The molecule has 130 valence electrons. The number of rotatable bonds is 3. The molecule has 0 N–H and O–H groups in total. The van der Waals surface area contributed by atoms with E-state index >= 15 is 0 Å². The highest BCUT2D eigenvalue weighted by Gasteiger charge is 2.29. The van der Waals surface area contributed by atoms with Crippen molar-refractivity contribution in [3.8, 4) is 0 Å². The zero-order chi connectivity index (χ0) is 17.4. The number of likely N-dealkylation sites (tertiary alicyclic amines) is 1. The van der Waals surface area contributed by atoms with Gasteiger partial charge in [-0.2, -0.15) is 0 Å². The van der Waals surface area contributed by atoms with E-state index in [0.29, 0.717) is 6.54 Å². The van der Waals surface area contributed by atoms with Crippen molar-refractivity contribution in [1.82, 2.24) is 19.5 Å². The van der Waals surface area contributed by atoms with Gasteiger partial charge in [0, 0.05) is 30.1 Å². The highest BCUT2D eigenvalue weighted by Crippen LogP contribution is 2.29. The quantitative estimate of drug-likeness (QED) is 0.721. The molecule has 3 aromatic heterocycles. The number of pyridine rings is 1. The van der Waals surface area contributed by atoms with Gasteiger partial charge in [-0.3, -0.25) is 9.20 Å². The molecule has 1 amide bonds. The number of fused-ring (bicyclic) bond motifs is 1. The largest absolute Gasteiger partial charge is 0.337 e. The van der Waals surface area contributed by atoms with Crippen LogP contribution in [-0.4, -0.2) is 38.5 Å². The van der Waals surface area contributed by atoms with Gasteiger partial charge in [-0.1, -0.05) is 13.0 Å². The fraction of sp³-hybridized carbons (Fsp3) is 0.421. The minimum absolute atomic E-state index is 0.159. The van der Waals surface area contributed by atoms with Crippen LogP contribution in [0.5, 0.6) is 0 Å². The molecule has 1 fully saturated rings. The molecule has 1 atom stereocenters. The van der Waals surface area contributed by atoms with Gasteiger partial charge in [-0.05, 0) is 49.9 Å². The van der Waals surface area contributed by atoms with Crippen LogP contribution >= 0.6 is 11.3 Å². The predicted molar refractivity (Wildman–Crippen MR) is 99.3 cm³/mol. The van der Waals surface area contributed by atoms with E-state index in [1.165, 1.54) is 10.4 Å². The molecule has 1 saturated heterocycles. The molecule has 1 aliphatic heterocycles. The number of aromatic nitrogens is 3. The summed E-state index contributed by atoms with van der Waals surface area (Å²) in [6.07, 6.45) is 5.03. The minimum Gasteiger partial charge on any atom is -0.337 e. The number of amides is 1. The second-order valence-corrected chi connectivity index (χ2v) is 7.88. The van der Waals surface area contributed by atoms with Crippen LogP contribution in [0, 0.1) is 6.92 Å². The van der Waals surface area contributed by atoms with Crippen LogP contribution in [0.4, 0.5) is 0 Å². The number of carbonyl (C=O) groups excluding carboxylic acids is 1. The lowest BCUT2D eigenvalue weighted by Gasteiger charge is -2.31. The van der Waals surface area contributed by atoms with Gasteiger partial charge in [0.25, 0.3) is 5.91 Å². The molecule has 0 aliphatic carbocycles. The first-order valence-electron chi connectivity index (χ1n) is 8.85. The van der Waals surface area contributed by atoms with Crippen LogP contribution in [-0.2, 0) is 6.42 Å². The molecule has 0 spiro atoms. The van der Waals surface area contributed by atoms with Crippen molar-refractivity contribution in [1.29, 1.82) is 0 Å². The standard InChI is InChI=1S/C19H22N4OS/c1-3-14-11-16(25-13(14)2)19(24)22-9-6-7-15(12-22)18-21-20-17-8-4-5-10-23(17)18/h4-5,8,10-11,15H,3,6-7,9,12H2,1-2H3. The fourth-order valence-corrected chi connectivity index (χ4v) is 4.72. The van der Waals surface area contributed by atoms with E-state index in [2.05, 4.69) is 30.1 Å². The Morgan fingerprint density at radius 1 is 1.36 bits per heavy atom. The molecule has 3 aromatic rings. The first-order chi connectivity index (χ1) is 12.2. The number of hydrogen-bond donors (Lipinski definition) is 0. The van der Waals surface area contributed by atoms with E-state index in [9.17, 15) is 4.79 Å². The summed E-state index contributed by atoms with van der Waals surface area (Å²) in [7, 11) is 0. The monoisotopic (exact) mass is 354 g/mol. The number of nitrogens with zero attached hydrogens (tertiary/aromatic N) is 4. The van der Waals surface area contributed by atoms with Crippen LogP contribution < -0.4 is 0 Å². The van der Waals surface area contributed by atoms with Crippen molar-refractivity contribution < 1.29 is 4.79 Å². The maximum Gasteiger partial charge on any atom is 0.263 e. The summed E-state index contributed by atoms with van der Waals surface area (Å²) in [4.78, 5) is 17.1. The van der Waals surface area contributed by atoms with Crippen LogP contribution in [0.1, 0.15) is 51.6 Å². The maximum atomic E-state index is 13.0. The van der Waals surface area contributed by atoms with Crippen LogP contribution in [0.25, 0.3) is 5.65 Å². The first kappa shape index (κ1) is 16.3. The van der Waals surface area contributed by atoms with E-state index in [0.717, 1.165) is 42.2 Å². The third-order valence-corrected chi connectivity index (χ3v) is 6.11. The molecule has 25 heavy (non-hydrogen) atoms. The van der Waals surface area contributed by atoms with E-state index in [4.69, 9.17) is 0 Å². The third-order valence-electron chi connectivity index (χ3n) is 5.03. The number of aryl methyl sites for hydroxylation is 2. The van der Waals surface area contributed by atoms with Crippen molar-refractivity contribution >= 4 is 22.9 Å². The lowest BCUT2D eigenvalue weighted by atomic mass is 9.97. The summed E-state index contributed by atoms with van der Waals surface area (Å²) in [5, 5.41) is 8.65. The summed E-state index contributed by atoms with van der Waals surface area (Å²) in [5.74, 6) is 1.36. The molecule has 6 heteroatoms. The van der Waals surface area contributed by atoms with Gasteiger partial charge in [0.05, 0.1) is 4.88 Å². The van der Waals surface area contributed by atoms with Gasteiger partial charge < -0.3 is 4.90 Å². The molecule has 0 radical (unpaired) electrons. The summed E-state index contributed by atoms with van der Waals surface area (Å²) >= 11 is 1.62. The lowest BCUT2D eigenvalue weighted by molar-refractivity contribution is 0.0709. The first-order valence-corrected chi connectivity index (χ1v) is 9.67. The number of carbonyl (C=O) groups is 1. The van der Waals surface area contributed by atoms with Crippen LogP contribution in [0.15, 0.2) is 30.5 Å². The molecule has 0 bridgehead atoms. The molecule has 0 saturated carbocycles. The molecular formula is C19H22N4OS. The Kier molecular flexibility index (Phi) is 4.29. The van der Waals surface area contributed by atoms with E-state index in [-0.39, 0.29) is 11.8 Å². The average molecular weight is 354 g/mol. The smallest absolute Gasteiger partial charge is 0.263 e. The topological polar surface area (TPSA) is 50.5 Å². The summed E-state index contributed by atoms with van der Waals surface area (Å²) < 4.78 is 2.04. The Labute approximate surface area is 151 Å². The van der Waals surface area contributed by atoms with Crippen molar-refractivity contribution in [2.75, 3.05) is 13.1 Å². The van der Waals surface area contributed by atoms with Gasteiger partial charge in [-0.15, -0.1) is 21.5 Å². The summed E-state index contributed by atoms with van der Waals surface area (Å²) in [6, 6.07) is 7.99. The Morgan fingerprint density at radius 3 is 3.04 bits per heavy atom. The van der Waals surface area contributed by atoms with Crippen LogP contribution in [0.2, 0.25) is 0 Å². The number of piperidine rings is 1. The highest BCUT2D eigenvalue weighted by atomic mass is 32.1. The van der Waals surface area contributed by atoms with E-state index in [1.54, 1.807) is 11.3 Å². The Bertz CT molecular complexity index is 913. The van der Waals surface area contributed by atoms with Gasteiger partial charge in [0.1, 0.15) is 5.82 Å². The van der Waals surface area contributed by atoms with Crippen molar-refractivity contribution in [3.63, 3.8) is 0 Å². The van der Waals surface area contributed by atoms with Gasteiger partial charge in [0.2, 0.25) is 0 Å². The molecule has 0 aromatic carbocycles. The fourth-order valence-electron chi connectivity index (χ4n) is 3.64. The Morgan fingerprint density at radius 2 is 2.24 bits per heavy atom. The van der Waals surface area contributed by atoms with E-state index in [1.807, 2.05) is 33.7 Å². The average Bonchev–Trinajstić information content (AvgIpc) is 3.24. The highest BCUT2D eigenvalue weighted by molar-refractivity contribution is 7.14. The Balaban J connectivity index is 1.57. The van der Waals surface area contributed by atoms with Gasteiger partial charge in [0.15, 0.2) is 5.65 Å². The van der Waals surface area contributed by atoms with Gasteiger partial charge >= 0.3 is 0 Å². The van der Waals surface area contributed by atoms with Crippen LogP contribution in [0.3, 0.4) is 0 Å². The number of hydrogen-bond acceptors (Lipinski definition) is 4. The summed E-state index contributed by atoms with van der Waals surface area (Å²) in [6.45, 7) is 5.77. The molecule has 1 unspecified atom stereocenters. The van der Waals surface area contributed by atoms with Crippen molar-refractivity contribution in [3.05, 3.63) is 51.6 Å². The molecule has 4 rings (SSSR count). The molecule has 1 aliphatic rings. The third kappa shape index (κ3) is 2.95. The SMILES string of the molecule is CCc1cc(C(=O)N2CCCC(c3nnc4ccccn34)C2)sc1C. The lowest BCUT2D eigenvalue weighted by Crippen LogP contribution is -2.39. The Hall–Kier alpha value is -2.21. The second-order valence-electron chi connectivity index (χ2n) is 6.62.